The van der Waals surface area contributed by atoms with Crippen molar-refractivity contribution >= 4 is 25.8 Å². The van der Waals surface area contributed by atoms with E-state index in [0.717, 1.165) is 11.8 Å². The third-order valence-electron chi connectivity index (χ3n) is 5.47. The predicted molar refractivity (Wildman–Crippen MR) is 139 cm³/mol. The van der Waals surface area contributed by atoms with Crippen molar-refractivity contribution in [3.63, 3.8) is 0 Å². The number of ether oxygens (including phenoxy) is 1. The van der Waals surface area contributed by atoms with Crippen LogP contribution in [0.15, 0.2) is 59.5 Å². The highest BCUT2D eigenvalue weighted by Gasteiger charge is 2.31. The molecule has 2 atom stereocenters. The Balaban J connectivity index is 2.29. The lowest BCUT2D eigenvalue weighted by atomic mass is 10.0. The molecule has 1 amide bonds. The molecule has 2 rings (SSSR count). The molecule has 0 saturated heterocycles. The van der Waals surface area contributed by atoms with Crippen molar-refractivity contribution in [2.45, 2.75) is 43.7 Å². The van der Waals surface area contributed by atoms with Gasteiger partial charge in [-0.15, -0.1) is 0 Å². The Bertz CT molecular complexity index is 1180. The molecular formula is C25H36N2O7S2. The number of amides is 1. The first-order valence-corrected chi connectivity index (χ1v) is 15.1. The van der Waals surface area contributed by atoms with Gasteiger partial charge in [-0.2, -0.15) is 4.31 Å². The molecule has 0 spiro atoms. The third kappa shape index (κ3) is 9.53. The minimum Gasteiger partial charge on any atom is -0.497 e. The number of carbonyl (C=O) groups excluding carboxylic acids is 1. The molecule has 0 aliphatic rings. The van der Waals surface area contributed by atoms with Gasteiger partial charge < -0.3 is 15.2 Å². The maximum absolute atomic E-state index is 13.4. The molecule has 2 aromatic rings. The molecule has 11 heteroatoms. The van der Waals surface area contributed by atoms with E-state index < -0.39 is 37.9 Å². The lowest BCUT2D eigenvalue weighted by Gasteiger charge is -2.30. The Kier molecular flexibility index (Phi) is 10.9. The number of aliphatic hydroxyl groups is 1. The van der Waals surface area contributed by atoms with Gasteiger partial charge in [-0.05, 0) is 42.2 Å². The Morgan fingerprint density at radius 2 is 1.61 bits per heavy atom. The van der Waals surface area contributed by atoms with Crippen LogP contribution in [-0.2, 0) is 31.1 Å². The van der Waals surface area contributed by atoms with Crippen LogP contribution in [0.5, 0.6) is 5.75 Å². The zero-order chi connectivity index (χ0) is 26.9. The molecule has 9 nitrogen and oxygen atoms in total. The van der Waals surface area contributed by atoms with Gasteiger partial charge in [0.2, 0.25) is 15.9 Å². The van der Waals surface area contributed by atoms with Gasteiger partial charge >= 0.3 is 0 Å². The highest BCUT2D eigenvalue weighted by Crippen LogP contribution is 2.21. The molecule has 0 aliphatic heterocycles. The van der Waals surface area contributed by atoms with Crippen molar-refractivity contribution in [2.75, 3.05) is 32.2 Å². The van der Waals surface area contributed by atoms with E-state index in [1.165, 1.54) is 23.5 Å². The van der Waals surface area contributed by atoms with Gasteiger partial charge in [0.25, 0.3) is 0 Å². The molecule has 0 unspecified atom stereocenters. The quantitative estimate of drug-likeness (QED) is 0.374. The standard InChI is InChI=1S/C25H36N2O7S2/c1-19(2)17-27(36(32,33)22-12-10-21(34-3)11-13-22)18-24(28)23(16-20-8-6-5-7-9-20)26-25(29)14-15-35(4,30)31/h5-13,19,23-24,28H,14-18H2,1-4H3,(H,26,29)/t23-,24+/m0/s1. The van der Waals surface area contributed by atoms with Crippen molar-refractivity contribution in [3.05, 3.63) is 60.2 Å². The summed E-state index contributed by atoms with van der Waals surface area (Å²) in [6.07, 6.45) is -0.217. The number of hydrogen-bond donors (Lipinski definition) is 2. The second-order valence-corrected chi connectivity index (χ2v) is 13.4. The number of benzene rings is 2. The van der Waals surface area contributed by atoms with Gasteiger partial charge in [0.05, 0.1) is 29.9 Å². The summed E-state index contributed by atoms with van der Waals surface area (Å²) in [4.78, 5) is 12.6. The van der Waals surface area contributed by atoms with Crippen molar-refractivity contribution in [1.82, 2.24) is 9.62 Å². The van der Waals surface area contributed by atoms with E-state index in [2.05, 4.69) is 5.32 Å². The summed E-state index contributed by atoms with van der Waals surface area (Å²) in [5.41, 5.74) is 0.832. The number of hydrogen-bond acceptors (Lipinski definition) is 7. The SMILES string of the molecule is COc1ccc(S(=O)(=O)N(CC(C)C)C[C@@H](O)[C@H](Cc2ccccc2)NC(=O)CCS(C)(=O)=O)cc1. The van der Waals surface area contributed by atoms with Gasteiger partial charge in [-0.25, -0.2) is 16.8 Å². The van der Waals surface area contributed by atoms with Crippen LogP contribution in [-0.4, -0.2) is 76.5 Å². The van der Waals surface area contributed by atoms with Crippen molar-refractivity contribution in [1.29, 1.82) is 0 Å². The fraction of sp³-hybridized carbons (Fsp3) is 0.480. The van der Waals surface area contributed by atoms with E-state index >= 15 is 0 Å². The number of sulfone groups is 1. The Morgan fingerprint density at radius 1 is 1.00 bits per heavy atom. The van der Waals surface area contributed by atoms with Crippen molar-refractivity contribution in [3.8, 4) is 5.75 Å². The van der Waals surface area contributed by atoms with Crippen molar-refractivity contribution in [2.24, 2.45) is 5.92 Å². The average Bonchev–Trinajstić information content (AvgIpc) is 2.82. The maximum atomic E-state index is 13.4. The number of nitrogens with one attached hydrogen (secondary N) is 1. The van der Waals surface area contributed by atoms with Gasteiger partial charge in [-0.1, -0.05) is 44.2 Å². The topological polar surface area (TPSA) is 130 Å². The number of methoxy groups -OCH3 is 1. The lowest BCUT2D eigenvalue weighted by molar-refractivity contribution is -0.122. The molecule has 0 radical (unpaired) electrons. The molecule has 36 heavy (non-hydrogen) atoms. The number of sulfonamides is 1. The summed E-state index contributed by atoms with van der Waals surface area (Å²) < 4.78 is 56.1. The van der Waals surface area contributed by atoms with Crippen molar-refractivity contribution < 1.29 is 31.5 Å². The number of aliphatic hydroxyl groups excluding tert-OH is 1. The summed E-state index contributed by atoms with van der Waals surface area (Å²) >= 11 is 0. The minimum atomic E-state index is -3.95. The van der Waals surface area contributed by atoms with E-state index in [-0.39, 0.29) is 42.5 Å². The molecule has 0 heterocycles. The maximum Gasteiger partial charge on any atom is 0.243 e. The monoisotopic (exact) mass is 540 g/mol. The lowest BCUT2D eigenvalue weighted by Crippen LogP contribution is -2.51. The first-order chi connectivity index (χ1) is 16.8. The first-order valence-electron chi connectivity index (χ1n) is 11.6. The number of carbonyl (C=O) groups is 1. The van der Waals surface area contributed by atoms with Crippen LogP contribution in [0.3, 0.4) is 0 Å². The van der Waals surface area contributed by atoms with E-state index in [1.807, 2.05) is 44.2 Å². The number of rotatable bonds is 14. The van der Waals surface area contributed by atoms with Crippen LogP contribution in [0.2, 0.25) is 0 Å². The minimum absolute atomic E-state index is 0.0258. The normalized spacial score (nSPS) is 14.0. The molecule has 0 bridgehead atoms. The fourth-order valence-corrected chi connectivity index (χ4v) is 5.80. The fourth-order valence-electron chi connectivity index (χ4n) is 3.62. The van der Waals surface area contributed by atoms with Gasteiger partial charge in [-0.3, -0.25) is 4.79 Å². The molecule has 0 aromatic heterocycles. The Labute approximate surface area is 214 Å². The van der Waals surface area contributed by atoms with E-state index in [0.29, 0.717) is 5.75 Å². The molecule has 0 aliphatic carbocycles. The number of nitrogens with zero attached hydrogens (tertiary/aromatic N) is 1. The van der Waals surface area contributed by atoms with Crippen LogP contribution in [0.4, 0.5) is 0 Å². The second kappa shape index (κ2) is 13.2. The second-order valence-electron chi connectivity index (χ2n) is 9.20. The molecular weight excluding hydrogens is 504 g/mol. The molecule has 2 aromatic carbocycles. The largest absolute Gasteiger partial charge is 0.497 e. The Hall–Kier alpha value is -2.47. The smallest absolute Gasteiger partial charge is 0.243 e. The summed E-state index contributed by atoms with van der Waals surface area (Å²) in [7, 11) is -5.81. The predicted octanol–water partition coefficient (Wildman–Crippen LogP) is 1.86. The third-order valence-corrected chi connectivity index (χ3v) is 8.26. The summed E-state index contributed by atoms with van der Waals surface area (Å²) in [5, 5.41) is 13.9. The molecule has 2 N–H and O–H groups in total. The highest BCUT2D eigenvalue weighted by molar-refractivity contribution is 7.90. The van der Waals surface area contributed by atoms with Crippen LogP contribution in [0, 0.1) is 5.92 Å². The first kappa shape index (κ1) is 29.8. The Morgan fingerprint density at radius 3 is 2.14 bits per heavy atom. The summed E-state index contributed by atoms with van der Waals surface area (Å²) in [5.74, 6) is -0.363. The van der Waals surface area contributed by atoms with Crippen LogP contribution in [0.25, 0.3) is 0 Å². The van der Waals surface area contributed by atoms with E-state index in [4.69, 9.17) is 4.74 Å². The van der Waals surface area contributed by atoms with E-state index in [9.17, 15) is 26.7 Å². The highest BCUT2D eigenvalue weighted by atomic mass is 32.2. The summed E-state index contributed by atoms with van der Waals surface area (Å²) in [6, 6.07) is 14.3. The zero-order valence-corrected chi connectivity index (χ0v) is 22.8. The van der Waals surface area contributed by atoms with Gasteiger partial charge in [0, 0.05) is 25.8 Å². The molecule has 0 saturated carbocycles. The van der Waals surface area contributed by atoms with Gasteiger partial charge in [0.1, 0.15) is 15.6 Å². The van der Waals surface area contributed by atoms with Crippen LogP contribution >= 0.6 is 0 Å². The zero-order valence-electron chi connectivity index (χ0n) is 21.1. The van der Waals surface area contributed by atoms with Crippen LogP contribution < -0.4 is 10.1 Å². The van der Waals surface area contributed by atoms with Gasteiger partial charge in [0.15, 0.2) is 0 Å². The van der Waals surface area contributed by atoms with Crippen LogP contribution in [0.1, 0.15) is 25.8 Å². The molecule has 200 valence electrons. The molecule has 0 fully saturated rings. The summed E-state index contributed by atoms with van der Waals surface area (Å²) in [6.45, 7) is 3.65. The average molecular weight is 541 g/mol. The van der Waals surface area contributed by atoms with E-state index in [1.54, 1.807) is 12.1 Å².